The quantitative estimate of drug-likeness (QED) is 0.587. The number of aryl methyl sites for hydroxylation is 2. The van der Waals surface area contributed by atoms with E-state index in [2.05, 4.69) is 95.7 Å². The number of rotatable bonds is 6. The maximum atomic E-state index is 4.52. The fourth-order valence-electron chi connectivity index (χ4n) is 4.14. The van der Waals surface area contributed by atoms with Gasteiger partial charge in [-0.15, -0.1) is 16.4 Å². The van der Waals surface area contributed by atoms with Crippen molar-refractivity contribution in [2.24, 2.45) is 0 Å². The van der Waals surface area contributed by atoms with E-state index in [-0.39, 0.29) is 11.6 Å². The van der Waals surface area contributed by atoms with Crippen LogP contribution in [0.15, 0.2) is 35.7 Å². The molecule has 3 aromatic rings. The molecule has 1 aromatic carbocycles. The van der Waals surface area contributed by atoms with Crippen molar-refractivity contribution < 1.29 is 0 Å². The summed E-state index contributed by atoms with van der Waals surface area (Å²) in [6.07, 6.45) is 0.975. The summed E-state index contributed by atoms with van der Waals surface area (Å²) in [5.41, 5.74) is 3.90. The summed E-state index contributed by atoms with van der Waals surface area (Å²) < 4.78 is 2.04. The van der Waals surface area contributed by atoms with Crippen LogP contribution in [0, 0.1) is 13.8 Å². The Morgan fingerprint density at radius 1 is 1.10 bits per heavy atom. The number of hydrogen-bond donors (Lipinski definition) is 0. The van der Waals surface area contributed by atoms with E-state index in [1.807, 2.05) is 4.68 Å². The predicted molar refractivity (Wildman–Crippen MR) is 123 cm³/mol. The molecule has 1 aliphatic heterocycles. The molecule has 4 rings (SSSR count). The van der Waals surface area contributed by atoms with Gasteiger partial charge in [-0.2, -0.15) is 0 Å². The summed E-state index contributed by atoms with van der Waals surface area (Å²) in [6, 6.07) is 11.2. The molecule has 0 aliphatic carbocycles. The van der Waals surface area contributed by atoms with Crippen molar-refractivity contribution >= 4 is 17.0 Å². The fourth-order valence-corrected chi connectivity index (χ4v) is 5.00. The van der Waals surface area contributed by atoms with E-state index in [9.17, 15) is 0 Å². The van der Waals surface area contributed by atoms with Crippen LogP contribution in [0.2, 0.25) is 0 Å². The van der Waals surface area contributed by atoms with Crippen molar-refractivity contribution in [3.63, 3.8) is 0 Å². The Bertz CT molecular complexity index is 970. The molecule has 0 N–H and O–H groups in total. The molecule has 1 atom stereocenters. The highest BCUT2D eigenvalue weighted by Crippen LogP contribution is 2.34. The number of anilines is 1. The van der Waals surface area contributed by atoms with Crippen LogP contribution in [0.3, 0.4) is 0 Å². The van der Waals surface area contributed by atoms with Crippen molar-refractivity contribution in [1.29, 1.82) is 0 Å². The van der Waals surface area contributed by atoms with Crippen LogP contribution in [0.4, 0.5) is 5.69 Å². The lowest BCUT2D eigenvalue weighted by Crippen LogP contribution is -2.49. The van der Waals surface area contributed by atoms with Gasteiger partial charge in [0.25, 0.3) is 0 Å². The molecule has 0 amide bonds. The van der Waals surface area contributed by atoms with Crippen LogP contribution in [-0.2, 0) is 5.54 Å². The Morgan fingerprint density at radius 3 is 2.53 bits per heavy atom. The zero-order valence-corrected chi connectivity index (χ0v) is 19.5. The smallest absolute Gasteiger partial charge is 0.174 e. The third-order valence-corrected chi connectivity index (χ3v) is 7.30. The second-order valence-corrected chi connectivity index (χ2v) is 9.83. The molecule has 1 fully saturated rings. The lowest BCUT2D eigenvalue weighted by atomic mass is 10.0. The largest absolute Gasteiger partial charge is 0.369 e. The Balaban J connectivity index is 1.61. The first kappa shape index (κ1) is 21.0. The van der Waals surface area contributed by atoms with Crippen LogP contribution in [0.1, 0.15) is 55.1 Å². The average molecular weight is 425 g/mol. The first-order valence-corrected chi connectivity index (χ1v) is 11.7. The standard InChI is InChI=1S/C23H32N6S/c1-6-23(4,5)29-22(24-25-26-29)21(20-8-7-15-30-20)28-13-11-27(12-14-28)19-16-17(2)9-10-18(19)3/h7-10,15-16,21H,6,11-14H2,1-5H3/t21-/m1/s1. The SMILES string of the molecule is CCC(C)(C)n1nnnc1[C@@H](c1cccs1)N1CCN(c2cc(C)ccc2C)CC1. The van der Waals surface area contributed by atoms with Gasteiger partial charge >= 0.3 is 0 Å². The summed E-state index contributed by atoms with van der Waals surface area (Å²) in [4.78, 5) is 6.36. The number of aromatic nitrogens is 4. The van der Waals surface area contributed by atoms with Crippen molar-refractivity contribution in [2.75, 3.05) is 31.1 Å². The Morgan fingerprint density at radius 2 is 1.87 bits per heavy atom. The summed E-state index contributed by atoms with van der Waals surface area (Å²) in [5.74, 6) is 0.949. The summed E-state index contributed by atoms with van der Waals surface area (Å²) in [7, 11) is 0. The van der Waals surface area contributed by atoms with E-state index >= 15 is 0 Å². The molecule has 2 aromatic heterocycles. The minimum atomic E-state index is -0.116. The highest BCUT2D eigenvalue weighted by molar-refractivity contribution is 7.10. The summed E-state index contributed by atoms with van der Waals surface area (Å²) in [5, 5.41) is 15.1. The molecule has 0 bridgehead atoms. The topological polar surface area (TPSA) is 50.1 Å². The molecule has 0 saturated carbocycles. The van der Waals surface area contributed by atoms with Gasteiger partial charge in [-0.1, -0.05) is 25.1 Å². The summed E-state index contributed by atoms with van der Waals surface area (Å²) >= 11 is 1.79. The van der Waals surface area contributed by atoms with Gasteiger partial charge in [0.1, 0.15) is 6.04 Å². The second-order valence-electron chi connectivity index (χ2n) is 8.85. The van der Waals surface area contributed by atoms with Gasteiger partial charge in [-0.05, 0) is 73.2 Å². The maximum absolute atomic E-state index is 4.52. The molecule has 7 heteroatoms. The first-order chi connectivity index (χ1) is 14.4. The van der Waals surface area contributed by atoms with Crippen LogP contribution < -0.4 is 4.90 Å². The number of nitrogens with zero attached hydrogens (tertiary/aromatic N) is 6. The van der Waals surface area contributed by atoms with Gasteiger partial charge in [0.15, 0.2) is 5.82 Å². The van der Waals surface area contributed by atoms with Crippen LogP contribution in [0.25, 0.3) is 0 Å². The number of thiophene rings is 1. The highest BCUT2D eigenvalue weighted by atomic mass is 32.1. The number of benzene rings is 1. The minimum absolute atomic E-state index is 0.0894. The van der Waals surface area contributed by atoms with Gasteiger partial charge in [-0.25, -0.2) is 4.68 Å². The lowest BCUT2D eigenvalue weighted by Gasteiger charge is -2.40. The second kappa shape index (κ2) is 8.47. The number of hydrogen-bond acceptors (Lipinski definition) is 6. The molecule has 1 saturated heterocycles. The fraction of sp³-hybridized carbons (Fsp3) is 0.522. The normalized spacial score (nSPS) is 16.8. The van der Waals surface area contributed by atoms with Crippen molar-refractivity contribution in [3.05, 3.63) is 57.5 Å². The average Bonchev–Trinajstić information content (AvgIpc) is 3.44. The molecule has 3 heterocycles. The number of piperazine rings is 1. The molecule has 0 spiro atoms. The van der Waals surface area contributed by atoms with Gasteiger partial charge in [-0.3, -0.25) is 4.90 Å². The molecule has 0 radical (unpaired) electrons. The summed E-state index contributed by atoms with van der Waals surface area (Å²) in [6.45, 7) is 14.9. The van der Waals surface area contributed by atoms with Crippen LogP contribution in [-0.4, -0.2) is 51.3 Å². The molecule has 0 unspecified atom stereocenters. The van der Waals surface area contributed by atoms with Crippen molar-refractivity contribution in [2.45, 2.75) is 52.6 Å². The van der Waals surface area contributed by atoms with E-state index in [0.717, 1.165) is 38.4 Å². The van der Waals surface area contributed by atoms with Crippen LogP contribution >= 0.6 is 11.3 Å². The Labute approximate surface area is 183 Å². The zero-order chi connectivity index (χ0) is 21.3. The van der Waals surface area contributed by atoms with E-state index in [0.29, 0.717) is 0 Å². The van der Waals surface area contributed by atoms with E-state index in [1.54, 1.807) is 11.3 Å². The first-order valence-electron chi connectivity index (χ1n) is 10.8. The lowest BCUT2D eigenvalue weighted by molar-refractivity contribution is 0.189. The Kier molecular flexibility index (Phi) is 5.93. The molecular formula is C23H32N6S. The minimum Gasteiger partial charge on any atom is -0.369 e. The predicted octanol–water partition coefficient (Wildman–Crippen LogP) is 4.41. The van der Waals surface area contributed by atoms with E-state index in [4.69, 9.17) is 0 Å². The van der Waals surface area contributed by atoms with Crippen molar-refractivity contribution in [3.8, 4) is 0 Å². The molecule has 160 valence electrons. The molecule has 1 aliphatic rings. The third kappa shape index (κ3) is 4.01. The van der Waals surface area contributed by atoms with Gasteiger partial charge in [0.05, 0.1) is 5.54 Å². The number of tetrazole rings is 1. The molecule has 6 nitrogen and oxygen atoms in total. The van der Waals surface area contributed by atoms with Crippen LogP contribution in [0.5, 0.6) is 0 Å². The third-order valence-electron chi connectivity index (χ3n) is 6.37. The molecular weight excluding hydrogens is 392 g/mol. The van der Waals surface area contributed by atoms with Crippen molar-refractivity contribution in [1.82, 2.24) is 25.1 Å². The zero-order valence-electron chi connectivity index (χ0n) is 18.7. The van der Waals surface area contributed by atoms with Gasteiger partial charge in [0, 0.05) is 36.7 Å². The highest BCUT2D eigenvalue weighted by Gasteiger charge is 2.34. The van der Waals surface area contributed by atoms with Gasteiger partial charge in [0.2, 0.25) is 0 Å². The van der Waals surface area contributed by atoms with Gasteiger partial charge < -0.3 is 4.90 Å². The van der Waals surface area contributed by atoms with E-state index in [1.165, 1.54) is 21.7 Å². The molecule has 30 heavy (non-hydrogen) atoms. The Hall–Kier alpha value is -2.25. The maximum Gasteiger partial charge on any atom is 0.174 e. The monoisotopic (exact) mass is 424 g/mol. The van der Waals surface area contributed by atoms with E-state index < -0.39 is 0 Å².